The number of carbonyl (C=O) groups is 3. The quantitative estimate of drug-likeness (QED) is 0.0847. The van der Waals surface area contributed by atoms with Crippen molar-refractivity contribution in [1.82, 2.24) is 5.43 Å². The number of halogens is 3. The fourth-order valence-electron chi connectivity index (χ4n) is 3.54. The summed E-state index contributed by atoms with van der Waals surface area (Å²) >= 11 is 15.4. The highest BCUT2D eigenvalue weighted by Gasteiger charge is 2.16. The highest BCUT2D eigenvalue weighted by atomic mass is 79.9. The summed E-state index contributed by atoms with van der Waals surface area (Å²) in [6, 6.07) is 22.7. The van der Waals surface area contributed by atoms with Gasteiger partial charge in [0.1, 0.15) is 0 Å². The first-order chi connectivity index (χ1) is 19.7. The lowest BCUT2D eigenvalue weighted by Gasteiger charge is -2.12. The number of hydrazone groups is 1. The van der Waals surface area contributed by atoms with Crippen LogP contribution in [0.5, 0.6) is 11.5 Å². The first kappa shape index (κ1) is 29.8. The maximum Gasteiger partial charge on any atom is 0.345 e. The van der Waals surface area contributed by atoms with Crippen LogP contribution in [0.2, 0.25) is 10.0 Å². The second-order valence-electron chi connectivity index (χ2n) is 8.39. The lowest BCUT2D eigenvalue weighted by molar-refractivity contribution is 0.0728. The smallest absolute Gasteiger partial charge is 0.345 e. The summed E-state index contributed by atoms with van der Waals surface area (Å²) in [6.45, 7) is 2.11. The number of esters is 1. The van der Waals surface area contributed by atoms with E-state index in [1.165, 1.54) is 24.4 Å². The number of nitrogens with one attached hydrogen (secondary N) is 2. The van der Waals surface area contributed by atoms with Gasteiger partial charge >= 0.3 is 5.97 Å². The van der Waals surface area contributed by atoms with Crippen molar-refractivity contribution in [2.45, 2.75) is 6.92 Å². The normalized spacial score (nSPS) is 10.7. The Morgan fingerprint density at radius 1 is 0.878 bits per heavy atom. The molecule has 0 aliphatic rings. The number of nitrogens with zero attached hydrogens (tertiary/aromatic N) is 1. The van der Waals surface area contributed by atoms with Crippen LogP contribution in [-0.4, -0.2) is 30.6 Å². The van der Waals surface area contributed by atoms with E-state index in [1.807, 2.05) is 0 Å². The number of hydrogen-bond donors (Lipinski definition) is 2. The molecule has 2 N–H and O–H groups in total. The molecule has 0 radical (unpaired) electrons. The number of benzene rings is 4. The van der Waals surface area contributed by atoms with E-state index in [9.17, 15) is 14.4 Å². The van der Waals surface area contributed by atoms with Crippen LogP contribution in [-0.2, 0) is 0 Å². The number of anilines is 1. The van der Waals surface area contributed by atoms with Crippen LogP contribution in [0.1, 0.15) is 43.6 Å². The van der Waals surface area contributed by atoms with Crippen LogP contribution < -0.4 is 20.2 Å². The van der Waals surface area contributed by atoms with E-state index in [0.29, 0.717) is 39.8 Å². The number of ether oxygens (including phenoxy) is 2. The molecule has 0 heterocycles. The van der Waals surface area contributed by atoms with E-state index < -0.39 is 11.9 Å². The molecule has 0 aliphatic heterocycles. The van der Waals surface area contributed by atoms with Crippen LogP contribution in [0.15, 0.2) is 94.5 Å². The molecule has 4 rings (SSSR count). The number of carbonyl (C=O) groups excluding carboxylic acids is 3. The number of hydrogen-bond acceptors (Lipinski definition) is 6. The Morgan fingerprint density at radius 3 is 2.39 bits per heavy atom. The second-order valence-corrected chi connectivity index (χ2v) is 10.2. The minimum absolute atomic E-state index is 0.156. The predicted molar refractivity (Wildman–Crippen MR) is 163 cm³/mol. The third-order valence-electron chi connectivity index (χ3n) is 5.49. The Kier molecular flexibility index (Phi) is 10.1. The highest BCUT2D eigenvalue weighted by molar-refractivity contribution is 9.10. The summed E-state index contributed by atoms with van der Waals surface area (Å²) < 4.78 is 12.0. The Balaban J connectivity index is 1.40. The number of rotatable bonds is 9. The molecule has 11 heteroatoms. The van der Waals surface area contributed by atoms with E-state index in [1.54, 1.807) is 73.7 Å². The zero-order valence-corrected chi connectivity index (χ0v) is 24.6. The summed E-state index contributed by atoms with van der Waals surface area (Å²) in [6.07, 6.45) is 1.42. The fraction of sp³-hybridized carbons (Fsp3) is 0.0667. The molecule has 208 valence electrons. The van der Waals surface area contributed by atoms with Crippen LogP contribution >= 0.6 is 39.1 Å². The molecule has 0 fully saturated rings. The molecule has 0 unspecified atom stereocenters. The van der Waals surface area contributed by atoms with Crippen LogP contribution in [0.3, 0.4) is 0 Å². The topological polar surface area (TPSA) is 106 Å². The SMILES string of the molecule is CCOc1cc(C=NNC(=O)c2cccc(NC(=O)c3ccc(Br)cc3)c2)ccc1OC(=O)c1ccc(Cl)cc1Cl. The minimum Gasteiger partial charge on any atom is -0.490 e. The van der Waals surface area contributed by atoms with Crippen molar-refractivity contribution < 1.29 is 23.9 Å². The molecule has 41 heavy (non-hydrogen) atoms. The first-order valence-electron chi connectivity index (χ1n) is 12.2. The van der Waals surface area contributed by atoms with Crippen molar-refractivity contribution in [3.63, 3.8) is 0 Å². The average Bonchev–Trinajstić information content (AvgIpc) is 2.95. The van der Waals surface area contributed by atoms with E-state index in [4.69, 9.17) is 32.7 Å². The van der Waals surface area contributed by atoms with E-state index in [-0.39, 0.29) is 22.2 Å². The summed E-state index contributed by atoms with van der Waals surface area (Å²) in [5.41, 5.74) is 4.43. The van der Waals surface area contributed by atoms with Crippen LogP contribution in [0, 0.1) is 0 Å². The fourth-order valence-corrected chi connectivity index (χ4v) is 4.29. The third-order valence-corrected chi connectivity index (χ3v) is 6.57. The Bertz CT molecular complexity index is 1630. The Labute approximate surface area is 254 Å². The minimum atomic E-state index is -0.670. The van der Waals surface area contributed by atoms with E-state index in [2.05, 4.69) is 31.8 Å². The lowest BCUT2D eigenvalue weighted by Crippen LogP contribution is -2.18. The first-order valence-corrected chi connectivity index (χ1v) is 13.7. The van der Waals surface area contributed by atoms with Gasteiger partial charge in [-0.1, -0.05) is 45.2 Å². The Hall–Kier alpha value is -4.18. The van der Waals surface area contributed by atoms with Crippen LogP contribution in [0.4, 0.5) is 5.69 Å². The molecule has 4 aromatic rings. The van der Waals surface area contributed by atoms with Crippen molar-refractivity contribution in [2.75, 3.05) is 11.9 Å². The third kappa shape index (κ3) is 8.17. The van der Waals surface area contributed by atoms with Crippen molar-refractivity contribution in [1.29, 1.82) is 0 Å². The van der Waals surface area contributed by atoms with Gasteiger partial charge < -0.3 is 14.8 Å². The lowest BCUT2D eigenvalue weighted by atomic mass is 10.1. The largest absolute Gasteiger partial charge is 0.490 e. The van der Waals surface area contributed by atoms with Gasteiger partial charge in [-0.05, 0) is 91.3 Å². The van der Waals surface area contributed by atoms with E-state index in [0.717, 1.165) is 4.47 Å². The monoisotopic (exact) mass is 653 g/mol. The van der Waals surface area contributed by atoms with Gasteiger partial charge in [0.15, 0.2) is 11.5 Å². The van der Waals surface area contributed by atoms with Gasteiger partial charge in [0, 0.05) is 26.3 Å². The maximum absolute atomic E-state index is 12.7. The number of amides is 2. The predicted octanol–water partition coefficient (Wildman–Crippen LogP) is 7.39. The summed E-state index contributed by atoms with van der Waals surface area (Å²) in [5, 5.41) is 7.35. The zero-order valence-electron chi connectivity index (χ0n) is 21.5. The molecule has 0 atom stereocenters. The molecule has 0 aromatic heterocycles. The van der Waals surface area contributed by atoms with Gasteiger partial charge in [-0.2, -0.15) is 5.10 Å². The Morgan fingerprint density at radius 2 is 1.66 bits per heavy atom. The molecule has 0 aliphatic carbocycles. The van der Waals surface area contributed by atoms with Gasteiger partial charge in [0.05, 0.1) is 23.4 Å². The molecular weight excluding hydrogens is 633 g/mol. The van der Waals surface area contributed by atoms with Gasteiger partial charge in [-0.15, -0.1) is 0 Å². The molecule has 0 saturated carbocycles. The van der Waals surface area contributed by atoms with Crippen molar-refractivity contribution in [3.05, 3.63) is 122 Å². The highest BCUT2D eigenvalue weighted by Crippen LogP contribution is 2.30. The average molecular weight is 655 g/mol. The van der Waals surface area contributed by atoms with Gasteiger partial charge in [-0.3, -0.25) is 9.59 Å². The van der Waals surface area contributed by atoms with Crippen LogP contribution in [0.25, 0.3) is 0 Å². The second kappa shape index (κ2) is 13.9. The summed E-state index contributed by atoms with van der Waals surface area (Å²) in [5.74, 6) is -0.960. The van der Waals surface area contributed by atoms with Gasteiger partial charge in [0.2, 0.25) is 0 Å². The zero-order chi connectivity index (χ0) is 29.4. The van der Waals surface area contributed by atoms with Crippen molar-refractivity contribution in [2.24, 2.45) is 5.10 Å². The molecule has 8 nitrogen and oxygen atoms in total. The van der Waals surface area contributed by atoms with Gasteiger partial charge in [-0.25, -0.2) is 10.2 Å². The molecule has 0 bridgehead atoms. The summed E-state index contributed by atoms with van der Waals surface area (Å²) in [4.78, 5) is 37.8. The standard InChI is InChI=1S/C30H22BrCl2N3O5/c1-2-40-27-14-18(6-13-26(27)41-30(39)24-12-11-22(32)16-25(24)33)17-34-36-29(38)20-4-3-5-23(15-20)35-28(37)19-7-9-21(31)10-8-19/h3-17H,2H2,1H3,(H,35,37)(H,36,38). The maximum atomic E-state index is 12.7. The molecular formula is C30H22BrCl2N3O5. The van der Waals surface area contributed by atoms with Crippen molar-refractivity contribution >= 4 is 68.8 Å². The molecule has 0 spiro atoms. The van der Waals surface area contributed by atoms with Crippen molar-refractivity contribution in [3.8, 4) is 11.5 Å². The molecule has 2 amide bonds. The summed E-state index contributed by atoms with van der Waals surface area (Å²) in [7, 11) is 0. The molecule has 4 aromatic carbocycles. The van der Waals surface area contributed by atoms with Gasteiger partial charge in [0.25, 0.3) is 11.8 Å². The van der Waals surface area contributed by atoms with E-state index >= 15 is 0 Å². The molecule has 0 saturated heterocycles.